The highest BCUT2D eigenvalue weighted by molar-refractivity contribution is 5.95. The van der Waals surface area contributed by atoms with Crippen molar-refractivity contribution in [3.8, 4) is 12.1 Å². The van der Waals surface area contributed by atoms with Crippen LogP contribution in [0.15, 0.2) is 24.4 Å². The van der Waals surface area contributed by atoms with Gasteiger partial charge in [-0.05, 0) is 43.2 Å². The predicted molar refractivity (Wildman–Crippen MR) is 136 cm³/mol. The van der Waals surface area contributed by atoms with E-state index in [1.165, 1.54) is 0 Å². The molecular weight excluding hydrogens is 454 g/mol. The van der Waals surface area contributed by atoms with Gasteiger partial charge in [0.1, 0.15) is 11.5 Å². The zero-order valence-electron chi connectivity index (χ0n) is 21.1. The molecule has 1 N–H and O–H groups in total. The van der Waals surface area contributed by atoms with Crippen LogP contribution in [0.1, 0.15) is 68.6 Å². The van der Waals surface area contributed by atoms with Gasteiger partial charge in [0, 0.05) is 54.7 Å². The molecule has 1 aliphatic heterocycles. The Bertz CT molecular complexity index is 1270. The van der Waals surface area contributed by atoms with Crippen LogP contribution in [-0.4, -0.2) is 50.6 Å². The number of aromatic amines is 1. The number of ketones is 1. The molecule has 0 unspecified atom stereocenters. The number of carbonyl (C=O) groups is 1. The summed E-state index contributed by atoms with van der Waals surface area (Å²) in [6.07, 6.45) is 4.92. The largest absolute Gasteiger partial charge is 0.463 e. The lowest BCUT2D eigenvalue weighted by Crippen LogP contribution is -2.34. The van der Waals surface area contributed by atoms with Crippen LogP contribution in [-0.2, 0) is 0 Å². The molecule has 0 radical (unpaired) electrons. The van der Waals surface area contributed by atoms with Crippen molar-refractivity contribution in [1.29, 1.82) is 5.26 Å². The van der Waals surface area contributed by atoms with E-state index in [2.05, 4.69) is 63.0 Å². The molecule has 3 aromatic heterocycles. The molecule has 1 saturated heterocycles. The van der Waals surface area contributed by atoms with Gasteiger partial charge in [0.25, 0.3) is 0 Å². The summed E-state index contributed by atoms with van der Waals surface area (Å²) in [6.45, 7) is 8.36. The Hall–Kier alpha value is -3.54. The third-order valence-electron chi connectivity index (χ3n) is 7.72. The van der Waals surface area contributed by atoms with Crippen molar-refractivity contribution in [2.24, 2.45) is 23.7 Å². The highest BCUT2D eigenvalue weighted by Gasteiger charge is 2.38. The number of hydrogen-bond donors (Lipinski definition) is 1. The average Bonchev–Trinajstić information content (AvgIpc) is 3.54. The molecule has 5 rings (SSSR count). The Balaban J connectivity index is 1.32. The zero-order chi connectivity index (χ0) is 25.2. The van der Waals surface area contributed by atoms with Crippen LogP contribution in [0.25, 0.3) is 11.0 Å². The summed E-state index contributed by atoms with van der Waals surface area (Å²) in [5.41, 5.74) is 2.29. The topological polar surface area (TPSA) is 121 Å². The van der Waals surface area contributed by atoms with E-state index in [1.54, 1.807) is 6.20 Å². The Labute approximate surface area is 211 Å². The molecule has 0 bridgehead atoms. The van der Waals surface area contributed by atoms with Crippen LogP contribution in [0.3, 0.4) is 0 Å². The lowest BCUT2D eigenvalue weighted by Gasteiger charge is -2.32. The SMILES string of the molecule is CC(C)[C@@H](C)CC(=O)c1cc(N2CCC(c3[nH]nc4ncccc34)CC2)nc(OC[C@H]2C[C@H]2C#N)n1. The van der Waals surface area contributed by atoms with E-state index in [1.807, 2.05) is 12.1 Å². The van der Waals surface area contributed by atoms with Gasteiger partial charge >= 0.3 is 6.01 Å². The first-order valence-corrected chi connectivity index (χ1v) is 12.9. The van der Waals surface area contributed by atoms with Gasteiger partial charge in [-0.15, -0.1) is 0 Å². The highest BCUT2D eigenvalue weighted by Crippen LogP contribution is 2.38. The van der Waals surface area contributed by atoms with E-state index in [4.69, 9.17) is 10.00 Å². The number of hydrogen-bond acceptors (Lipinski definition) is 8. The first-order valence-electron chi connectivity index (χ1n) is 12.9. The van der Waals surface area contributed by atoms with E-state index < -0.39 is 0 Å². The number of fused-ring (bicyclic) bond motifs is 1. The van der Waals surface area contributed by atoms with Crippen LogP contribution >= 0.6 is 0 Å². The molecule has 188 valence electrons. The van der Waals surface area contributed by atoms with Crippen molar-refractivity contribution in [3.05, 3.63) is 35.8 Å². The van der Waals surface area contributed by atoms with Crippen LogP contribution in [0.4, 0.5) is 5.82 Å². The number of Topliss-reactive ketones (excluding diaryl/α,β-unsaturated/α-hetero) is 1. The number of nitriles is 1. The lowest BCUT2D eigenvalue weighted by atomic mass is 9.91. The normalized spacial score (nSPS) is 20.9. The molecule has 4 heterocycles. The molecule has 2 fully saturated rings. The van der Waals surface area contributed by atoms with Crippen LogP contribution < -0.4 is 9.64 Å². The fourth-order valence-electron chi connectivity index (χ4n) is 4.76. The molecule has 9 heteroatoms. The van der Waals surface area contributed by atoms with E-state index in [0.29, 0.717) is 30.6 Å². The molecule has 36 heavy (non-hydrogen) atoms. The fourth-order valence-corrected chi connectivity index (χ4v) is 4.76. The van der Waals surface area contributed by atoms with Crippen molar-refractivity contribution in [3.63, 3.8) is 0 Å². The van der Waals surface area contributed by atoms with Crippen molar-refractivity contribution >= 4 is 22.6 Å². The second-order valence-electron chi connectivity index (χ2n) is 10.6. The summed E-state index contributed by atoms with van der Waals surface area (Å²) in [7, 11) is 0. The van der Waals surface area contributed by atoms with Gasteiger partial charge < -0.3 is 9.64 Å². The second kappa shape index (κ2) is 10.2. The van der Waals surface area contributed by atoms with Crippen LogP contribution in [0, 0.1) is 35.0 Å². The number of piperidine rings is 1. The van der Waals surface area contributed by atoms with E-state index >= 15 is 0 Å². The molecule has 1 aliphatic carbocycles. The number of anilines is 1. The zero-order valence-corrected chi connectivity index (χ0v) is 21.1. The smallest absolute Gasteiger partial charge is 0.319 e. The Morgan fingerprint density at radius 3 is 2.81 bits per heavy atom. The number of ether oxygens (including phenoxy) is 1. The minimum absolute atomic E-state index is 0.0114. The average molecular weight is 488 g/mol. The van der Waals surface area contributed by atoms with Crippen LogP contribution in [0.2, 0.25) is 0 Å². The van der Waals surface area contributed by atoms with Gasteiger partial charge in [0.15, 0.2) is 11.4 Å². The van der Waals surface area contributed by atoms with Gasteiger partial charge in [0.05, 0.1) is 18.6 Å². The highest BCUT2D eigenvalue weighted by atomic mass is 16.5. The quantitative estimate of drug-likeness (QED) is 0.437. The van der Waals surface area contributed by atoms with E-state index in [-0.39, 0.29) is 29.5 Å². The summed E-state index contributed by atoms with van der Waals surface area (Å²) in [5.74, 6) is 2.04. The number of rotatable bonds is 9. The Kier molecular flexibility index (Phi) is 6.86. The van der Waals surface area contributed by atoms with Crippen molar-refractivity contribution in [2.45, 2.75) is 52.4 Å². The summed E-state index contributed by atoms with van der Waals surface area (Å²) < 4.78 is 5.89. The Morgan fingerprint density at radius 2 is 2.08 bits per heavy atom. The monoisotopic (exact) mass is 487 g/mol. The van der Waals surface area contributed by atoms with E-state index in [9.17, 15) is 4.79 Å². The lowest BCUT2D eigenvalue weighted by molar-refractivity contribution is 0.0947. The molecule has 0 spiro atoms. The van der Waals surface area contributed by atoms with Gasteiger partial charge in [-0.25, -0.2) is 4.98 Å². The third kappa shape index (κ3) is 5.18. The molecule has 3 aromatic rings. The van der Waals surface area contributed by atoms with E-state index in [0.717, 1.165) is 54.9 Å². The fraction of sp³-hybridized carbons (Fsp3) is 0.556. The molecule has 1 saturated carbocycles. The second-order valence-corrected chi connectivity index (χ2v) is 10.6. The maximum atomic E-state index is 13.1. The predicted octanol–water partition coefficient (Wildman–Crippen LogP) is 4.54. The molecule has 9 nitrogen and oxygen atoms in total. The van der Waals surface area contributed by atoms with Gasteiger partial charge in [-0.1, -0.05) is 20.8 Å². The molecule has 2 aliphatic rings. The number of carbonyl (C=O) groups excluding carboxylic acids is 1. The van der Waals surface area contributed by atoms with Gasteiger partial charge in [-0.3, -0.25) is 9.89 Å². The summed E-state index contributed by atoms with van der Waals surface area (Å²) >= 11 is 0. The van der Waals surface area contributed by atoms with Gasteiger partial charge in [0.2, 0.25) is 0 Å². The summed E-state index contributed by atoms with van der Waals surface area (Å²) in [5, 5.41) is 17.7. The molecule has 3 atom stereocenters. The van der Waals surface area contributed by atoms with Crippen molar-refractivity contribution in [2.75, 3.05) is 24.6 Å². The van der Waals surface area contributed by atoms with Gasteiger partial charge in [-0.2, -0.15) is 20.3 Å². The number of aromatic nitrogens is 5. The maximum absolute atomic E-state index is 13.1. The standard InChI is InChI=1S/C27H33N7O2/c1-16(2)17(3)11-23(35)22-13-24(31-27(30-22)36-15-20-12-19(20)14-28)34-9-6-18(7-10-34)25-21-5-4-8-29-26(21)33-32-25/h4-5,8,13,16-20H,6-7,9-12,15H2,1-3H3,(H,29,32,33)/t17-,19-,20+/m0/s1. The molecule has 0 aromatic carbocycles. The minimum Gasteiger partial charge on any atom is -0.463 e. The van der Waals surface area contributed by atoms with Crippen molar-refractivity contribution < 1.29 is 9.53 Å². The molecule has 0 amide bonds. The van der Waals surface area contributed by atoms with Crippen LogP contribution in [0.5, 0.6) is 6.01 Å². The first kappa shape index (κ1) is 24.2. The summed E-state index contributed by atoms with van der Waals surface area (Å²) in [6, 6.07) is 8.33. The minimum atomic E-state index is 0.0114. The Morgan fingerprint density at radius 1 is 1.28 bits per heavy atom. The van der Waals surface area contributed by atoms with Crippen molar-refractivity contribution in [1.82, 2.24) is 25.1 Å². The first-order chi connectivity index (χ1) is 17.4. The number of pyridine rings is 1. The molecular formula is C27H33N7O2. The summed E-state index contributed by atoms with van der Waals surface area (Å²) in [4.78, 5) is 28.8. The maximum Gasteiger partial charge on any atom is 0.319 e. The third-order valence-corrected chi connectivity index (χ3v) is 7.72. The number of H-pyrrole nitrogens is 1. The number of nitrogens with zero attached hydrogens (tertiary/aromatic N) is 6. The number of nitrogens with one attached hydrogen (secondary N) is 1.